The number of amides is 1. The predicted molar refractivity (Wildman–Crippen MR) is 69.9 cm³/mol. The lowest BCUT2D eigenvalue weighted by Crippen LogP contribution is -2.22. The summed E-state index contributed by atoms with van der Waals surface area (Å²) >= 11 is 7.79. The Morgan fingerprint density at radius 1 is 1.56 bits per heavy atom. The Kier molecular flexibility index (Phi) is 3.61. The summed E-state index contributed by atoms with van der Waals surface area (Å²) in [4.78, 5) is 11.8. The van der Waals surface area contributed by atoms with Gasteiger partial charge in [0.05, 0.1) is 10.7 Å². The first-order valence-electron chi connectivity index (χ1n) is 5.10. The molecule has 0 bridgehead atoms. The van der Waals surface area contributed by atoms with Crippen molar-refractivity contribution in [2.75, 3.05) is 22.6 Å². The summed E-state index contributed by atoms with van der Waals surface area (Å²) in [7, 11) is 0. The largest absolute Gasteiger partial charge is 0.399 e. The third-order valence-corrected chi connectivity index (χ3v) is 4.03. The first-order chi connectivity index (χ1) is 7.66. The Labute approximate surface area is 104 Å². The van der Waals surface area contributed by atoms with E-state index in [1.54, 1.807) is 18.2 Å². The zero-order chi connectivity index (χ0) is 11.5. The van der Waals surface area contributed by atoms with Gasteiger partial charge in [-0.3, -0.25) is 4.79 Å². The molecule has 0 spiro atoms. The lowest BCUT2D eigenvalue weighted by molar-refractivity contribution is -0.119. The summed E-state index contributed by atoms with van der Waals surface area (Å²) in [6.45, 7) is 0. The smallest absolute Gasteiger partial charge is 0.228 e. The van der Waals surface area contributed by atoms with Crippen LogP contribution in [0.5, 0.6) is 0 Å². The van der Waals surface area contributed by atoms with Gasteiger partial charge in [-0.1, -0.05) is 11.6 Å². The van der Waals surface area contributed by atoms with Gasteiger partial charge < -0.3 is 11.1 Å². The highest BCUT2D eigenvalue weighted by Gasteiger charge is 2.23. The fourth-order valence-electron chi connectivity index (χ4n) is 1.61. The number of nitrogen functional groups attached to an aromatic ring is 1. The van der Waals surface area contributed by atoms with E-state index in [0.717, 1.165) is 17.9 Å². The molecule has 1 atom stereocenters. The Hall–Kier alpha value is -0.870. The summed E-state index contributed by atoms with van der Waals surface area (Å²) in [5.74, 6) is 2.13. The molecule has 0 aliphatic carbocycles. The highest BCUT2D eigenvalue weighted by atomic mass is 35.5. The molecule has 5 heteroatoms. The van der Waals surface area contributed by atoms with Crippen LogP contribution in [0.25, 0.3) is 0 Å². The minimum absolute atomic E-state index is 0.0525. The molecule has 1 aliphatic heterocycles. The van der Waals surface area contributed by atoms with Gasteiger partial charge >= 0.3 is 0 Å². The molecule has 1 aromatic carbocycles. The molecule has 1 aromatic rings. The highest BCUT2D eigenvalue weighted by molar-refractivity contribution is 7.99. The average Bonchev–Trinajstić information content (AvgIpc) is 2.75. The fourth-order valence-corrected chi connectivity index (χ4v) is 3.07. The van der Waals surface area contributed by atoms with Crippen molar-refractivity contribution in [1.82, 2.24) is 0 Å². The maximum absolute atomic E-state index is 11.8. The topological polar surface area (TPSA) is 55.1 Å². The zero-order valence-electron chi connectivity index (χ0n) is 8.70. The molecule has 1 unspecified atom stereocenters. The molecule has 0 saturated carbocycles. The number of anilines is 2. The van der Waals surface area contributed by atoms with Crippen molar-refractivity contribution in [2.45, 2.75) is 6.42 Å². The highest BCUT2D eigenvalue weighted by Crippen LogP contribution is 2.28. The third kappa shape index (κ3) is 2.62. The van der Waals surface area contributed by atoms with E-state index in [1.807, 2.05) is 11.8 Å². The molecule has 1 saturated heterocycles. The Morgan fingerprint density at radius 2 is 2.38 bits per heavy atom. The van der Waals surface area contributed by atoms with Crippen LogP contribution in [0, 0.1) is 5.92 Å². The average molecular weight is 257 g/mol. The SMILES string of the molecule is Nc1ccc(NC(=O)C2CCSC2)c(Cl)c1. The fraction of sp³-hybridized carbons (Fsp3) is 0.364. The molecule has 1 fully saturated rings. The van der Waals surface area contributed by atoms with E-state index in [1.165, 1.54) is 0 Å². The number of nitrogens with two attached hydrogens (primary N) is 1. The molecule has 2 rings (SSSR count). The molecule has 0 aromatic heterocycles. The van der Waals surface area contributed by atoms with Crippen LogP contribution in [0.4, 0.5) is 11.4 Å². The monoisotopic (exact) mass is 256 g/mol. The molecular weight excluding hydrogens is 244 g/mol. The van der Waals surface area contributed by atoms with Crippen LogP contribution in [-0.4, -0.2) is 17.4 Å². The number of benzene rings is 1. The summed E-state index contributed by atoms with van der Waals surface area (Å²) < 4.78 is 0. The van der Waals surface area contributed by atoms with Crippen molar-refractivity contribution >= 4 is 40.6 Å². The number of carbonyl (C=O) groups is 1. The van der Waals surface area contributed by atoms with Crippen LogP contribution in [0.3, 0.4) is 0 Å². The van der Waals surface area contributed by atoms with E-state index in [9.17, 15) is 4.79 Å². The Morgan fingerprint density at radius 3 is 3.00 bits per heavy atom. The first kappa shape index (κ1) is 11.6. The minimum Gasteiger partial charge on any atom is -0.399 e. The van der Waals surface area contributed by atoms with Crippen molar-refractivity contribution in [2.24, 2.45) is 5.92 Å². The van der Waals surface area contributed by atoms with E-state index in [0.29, 0.717) is 16.4 Å². The second kappa shape index (κ2) is 4.97. The first-order valence-corrected chi connectivity index (χ1v) is 6.64. The summed E-state index contributed by atoms with van der Waals surface area (Å²) in [6, 6.07) is 5.10. The Bertz CT molecular complexity index is 405. The van der Waals surface area contributed by atoms with Crippen LogP contribution in [0.1, 0.15) is 6.42 Å². The van der Waals surface area contributed by atoms with Crippen LogP contribution < -0.4 is 11.1 Å². The Balaban J connectivity index is 2.05. The van der Waals surface area contributed by atoms with Crippen LogP contribution in [0.2, 0.25) is 5.02 Å². The molecular formula is C11H13ClN2OS. The molecule has 86 valence electrons. The molecule has 1 heterocycles. The van der Waals surface area contributed by atoms with Gasteiger partial charge in [-0.15, -0.1) is 0 Å². The number of nitrogens with one attached hydrogen (secondary N) is 1. The van der Waals surface area contributed by atoms with Gasteiger partial charge in [0.2, 0.25) is 5.91 Å². The van der Waals surface area contributed by atoms with E-state index in [4.69, 9.17) is 17.3 Å². The van der Waals surface area contributed by atoms with Gasteiger partial charge in [-0.2, -0.15) is 11.8 Å². The minimum atomic E-state index is 0.0525. The number of halogens is 1. The van der Waals surface area contributed by atoms with Gasteiger partial charge in [0, 0.05) is 17.4 Å². The van der Waals surface area contributed by atoms with E-state index < -0.39 is 0 Å². The normalized spacial score (nSPS) is 19.7. The van der Waals surface area contributed by atoms with Crippen molar-refractivity contribution < 1.29 is 4.79 Å². The van der Waals surface area contributed by atoms with Gasteiger partial charge in [0.1, 0.15) is 0 Å². The second-order valence-corrected chi connectivity index (χ2v) is 5.35. The van der Waals surface area contributed by atoms with E-state index in [-0.39, 0.29) is 11.8 Å². The van der Waals surface area contributed by atoms with Crippen LogP contribution in [-0.2, 0) is 4.79 Å². The van der Waals surface area contributed by atoms with E-state index >= 15 is 0 Å². The summed E-state index contributed by atoms with van der Waals surface area (Å²) in [5.41, 5.74) is 6.81. The number of thioether (sulfide) groups is 1. The molecule has 16 heavy (non-hydrogen) atoms. The maximum atomic E-state index is 11.8. The molecule has 1 amide bonds. The molecule has 0 radical (unpaired) electrons. The number of hydrogen-bond acceptors (Lipinski definition) is 3. The number of rotatable bonds is 2. The van der Waals surface area contributed by atoms with Crippen molar-refractivity contribution in [3.05, 3.63) is 23.2 Å². The summed E-state index contributed by atoms with van der Waals surface area (Å²) in [5, 5.41) is 3.32. The van der Waals surface area contributed by atoms with Crippen molar-refractivity contribution in [3.63, 3.8) is 0 Å². The van der Waals surface area contributed by atoms with Gasteiger partial charge in [-0.25, -0.2) is 0 Å². The molecule has 3 nitrogen and oxygen atoms in total. The number of hydrogen-bond donors (Lipinski definition) is 2. The third-order valence-electron chi connectivity index (χ3n) is 2.55. The van der Waals surface area contributed by atoms with Gasteiger partial charge in [-0.05, 0) is 30.4 Å². The number of carbonyl (C=O) groups excluding carboxylic acids is 1. The second-order valence-electron chi connectivity index (χ2n) is 3.79. The van der Waals surface area contributed by atoms with Crippen molar-refractivity contribution in [1.29, 1.82) is 0 Å². The van der Waals surface area contributed by atoms with Gasteiger partial charge in [0.15, 0.2) is 0 Å². The molecule has 3 N–H and O–H groups in total. The standard InChI is InChI=1S/C11H13ClN2OS/c12-9-5-8(13)1-2-10(9)14-11(15)7-3-4-16-6-7/h1-2,5,7H,3-4,6,13H2,(H,14,15). The van der Waals surface area contributed by atoms with Crippen LogP contribution in [0.15, 0.2) is 18.2 Å². The van der Waals surface area contributed by atoms with Crippen LogP contribution >= 0.6 is 23.4 Å². The quantitative estimate of drug-likeness (QED) is 0.800. The van der Waals surface area contributed by atoms with E-state index in [2.05, 4.69) is 5.32 Å². The zero-order valence-corrected chi connectivity index (χ0v) is 10.3. The molecule has 1 aliphatic rings. The predicted octanol–water partition coefficient (Wildman–Crippen LogP) is 2.61. The van der Waals surface area contributed by atoms with Crippen molar-refractivity contribution in [3.8, 4) is 0 Å². The lowest BCUT2D eigenvalue weighted by atomic mass is 10.1. The summed E-state index contributed by atoms with van der Waals surface area (Å²) in [6.07, 6.45) is 0.948. The maximum Gasteiger partial charge on any atom is 0.228 e. The lowest BCUT2D eigenvalue weighted by Gasteiger charge is -2.11. The van der Waals surface area contributed by atoms with Gasteiger partial charge in [0.25, 0.3) is 0 Å².